The topological polar surface area (TPSA) is 66.8 Å². The summed E-state index contributed by atoms with van der Waals surface area (Å²) in [7, 11) is -3.83. The Bertz CT molecular complexity index is 732. The van der Waals surface area contributed by atoms with Crippen LogP contribution in [-0.4, -0.2) is 53.8 Å². The molecule has 0 radical (unpaired) electrons. The number of hydrogen-bond acceptors (Lipinski definition) is 6. The highest BCUT2D eigenvalue weighted by Crippen LogP contribution is 2.69. The van der Waals surface area contributed by atoms with Gasteiger partial charge in [0.05, 0.1) is 14.5 Å². The summed E-state index contributed by atoms with van der Waals surface area (Å²) in [6.45, 7) is 1.62. The van der Waals surface area contributed by atoms with Crippen LogP contribution in [0.1, 0.15) is 35.9 Å². The van der Waals surface area contributed by atoms with E-state index in [0.717, 1.165) is 17.1 Å². The Kier molecular flexibility index (Phi) is 3.71. The molecule has 130 valence electrons. The van der Waals surface area contributed by atoms with E-state index in [0.29, 0.717) is 16.7 Å². The number of carbonyl (C=O) groups is 1. The van der Waals surface area contributed by atoms with Crippen LogP contribution in [0.3, 0.4) is 0 Å². The van der Waals surface area contributed by atoms with Crippen molar-refractivity contribution < 1.29 is 16.0 Å². The van der Waals surface area contributed by atoms with Crippen molar-refractivity contribution in [3.63, 3.8) is 0 Å². The van der Waals surface area contributed by atoms with E-state index in [-0.39, 0.29) is 11.2 Å². The highest BCUT2D eigenvalue weighted by Gasteiger charge is 2.72. The summed E-state index contributed by atoms with van der Waals surface area (Å²) in [4.78, 5) is 16.8. The molecule has 3 fully saturated rings. The molecule has 1 amide bonds. The largest absolute Gasteiger partial charge is 0.272 e. The number of rotatable bonds is 2. The molecule has 2 bridgehead atoms. The number of hydrogen-bond donors (Lipinski definition) is 0. The average molecular weight is 379 g/mol. The average Bonchev–Trinajstić information content (AvgIpc) is 2.99. The first-order chi connectivity index (χ1) is 11.4. The van der Waals surface area contributed by atoms with Gasteiger partial charge in [-0.25, -0.2) is 12.7 Å². The van der Waals surface area contributed by atoms with Crippen molar-refractivity contribution in [1.82, 2.24) is 4.31 Å². The maximum absolute atomic E-state index is 12.9. The number of nitrogens with zero attached hydrogens (tertiary/aromatic N) is 2. The molecular weight excluding hydrogens is 352 g/mol. The lowest BCUT2D eigenvalue weighted by Crippen LogP contribution is -2.45. The quantitative estimate of drug-likeness (QED) is 0.545. The van der Waals surface area contributed by atoms with Crippen LogP contribution in [0.4, 0.5) is 0 Å². The van der Waals surface area contributed by atoms with E-state index in [1.165, 1.54) is 23.5 Å². The van der Waals surface area contributed by atoms with Gasteiger partial charge >= 0.3 is 0 Å². The molecule has 23 heavy (non-hydrogen) atoms. The van der Waals surface area contributed by atoms with Gasteiger partial charge in [0.15, 0.2) is 0 Å². The van der Waals surface area contributed by atoms with Crippen molar-refractivity contribution in [2.24, 2.45) is 21.7 Å². The Morgan fingerprint density at radius 1 is 1.39 bits per heavy atom. The van der Waals surface area contributed by atoms with Crippen molar-refractivity contribution in [2.75, 3.05) is 24.8 Å². The van der Waals surface area contributed by atoms with Crippen LogP contribution in [0.2, 0.25) is 0 Å². The van der Waals surface area contributed by atoms with Crippen LogP contribution in [0, 0.1) is 16.7 Å². The third-order valence-electron chi connectivity index (χ3n) is 6.20. The van der Waals surface area contributed by atoms with Crippen LogP contribution >= 0.6 is 23.5 Å². The summed E-state index contributed by atoms with van der Waals surface area (Å²) in [5.41, 5.74) is -0.604. The SMILES string of the molecule is [2H]C([2H])(N=C(SC)SC)C(=O)N1[C@@H]2C[C@H]3CC[C@]2(CS1(=O)=O)C3(C)C. The fourth-order valence-corrected chi connectivity index (χ4v) is 8.28. The molecule has 0 unspecified atom stereocenters. The van der Waals surface area contributed by atoms with Crippen molar-refractivity contribution in [1.29, 1.82) is 0 Å². The van der Waals surface area contributed by atoms with Crippen LogP contribution in [0.15, 0.2) is 4.99 Å². The van der Waals surface area contributed by atoms with Gasteiger partial charge in [-0.2, -0.15) is 0 Å². The number of fused-ring (bicyclic) bond motifs is 1. The lowest BCUT2D eigenvalue weighted by molar-refractivity contribution is -0.127. The lowest BCUT2D eigenvalue weighted by Gasteiger charge is -2.37. The molecule has 0 aromatic carbocycles. The Balaban J connectivity index is 2.01. The normalized spacial score (nSPS) is 38.0. The van der Waals surface area contributed by atoms with Crippen LogP contribution in [0.25, 0.3) is 0 Å². The minimum absolute atomic E-state index is 0.0579. The second-order valence-corrected chi connectivity index (χ2v) is 10.8. The standard InChI is InChI=1S/C15H24N2O3S3/c1-14(2)10-5-6-15(14)9-23(19,20)17(11(15)7-10)12(18)8-16-13(21-3)22-4/h10-11H,5-9H2,1-4H3/t10-,11-,15-/m1/s1/i8D2. The molecule has 1 aliphatic heterocycles. The molecular formula is C15H24N2O3S3. The molecule has 8 heteroatoms. The molecule has 2 aliphatic carbocycles. The van der Waals surface area contributed by atoms with E-state index < -0.39 is 33.9 Å². The fourth-order valence-electron chi connectivity index (χ4n) is 4.87. The second kappa shape index (κ2) is 5.66. The van der Waals surface area contributed by atoms with E-state index >= 15 is 0 Å². The molecule has 3 atom stereocenters. The summed E-state index contributed by atoms with van der Waals surface area (Å²) >= 11 is 2.48. The van der Waals surface area contributed by atoms with E-state index in [1.807, 2.05) is 0 Å². The first-order valence-corrected chi connectivity index (χ1v) is 11.7. The minimum Gasteiger partial charge on any atom is -0.272 e. The first kappa shape index (κ1) is 15.1. The van der Waals surface area contributed by atoms with Gasteiger partial charge in [-0.3, -0.25) is 9.79 Å². The van der Waals surface area contributed by atoms with Crippen molar-refractivity contribution in [3.05, 3.63) is 0 Å². The van der Waals surface area contributed by atoms with Crippen molar-refractivity contribution in [3.8, 4) is 0 Å². The molecule has 0 N–H and O–H groups in total. The summed E-state index contributed by atoms with van der Waals surface area (Å²) in [6.07, 6.45) is 5.89. The number of amides is 1. The van der Waals surface area contributed by atoms with Crippen molar-refractivity contribution >= 4 is 43.8 Å². The number of aliphatic imine (C=N–C) groups is 1. The zero-order valence-corrected chi connectivity index (χ0v) is 16.3. The van der Waals surface area contributed by atoms with Gasteiger partial charge in [0.2, 0.25) is 10.0 Å². The van der Waals surface area contributed by atoms with Crippen LogP contribution in [0.5, 0.6) is 0 Å². The second-order valence-electron chi connectivity index (χ2n) is 7.12. The summed E-state index contributed by atoms with van der Waals surface area (Å²) in [5.74, 6) is -0.721. The zero-order chi connectivity index (χ0) is 18.8. The smallest absolute Gasteiger partial charge is 0.258 e. The number of thioether (sulfide) groups is 2. The van der Waals surface area contributed by atoms with E-state index in [1.54, 1.807) is 12.5 Å². The molecule has 3 aliphatic rings. The third-order valence-corrected chi connectivity index (χ3v) is 9.98. The fraction of sp³-hybridized carbons (Fsp3) is 0.867. The third kappa shape index (κ3) is 2.39. The molecule has 1 heterocycles. The molecule has 0 aromatic rings. The van der Waals surface area contributed by atoms with Gasteiger partial charge in [0.25, 0.3) is 5.91 Å². The van der Waals surface area contributed by atoms with Gasteiger partial charge in [-0.1, -0.05) is 13.8 Å². The van der Waals surface area contributed by atoms with E-state index in [2.05, 4.69) is 18.8 Å². The predicted molar refractivity (Wildman–Crippen MR) is 97.3 cm³/mol. The minimum atomic E-state index is -3.83. The highest BCUT2D eigenvalue weighted by atomic mass is 32.2. The summed E-state index contributed by atoms with van der Waals surface area (Å²) in [5, 5.41) is 0. The summed E-state index contributed by atoms with van der Waals surface area (Å²) < 4.78 is 43.1. The van der Waals surface area contributed by atoms with Gasteiger partial charge in [0.1, 0.15) is 10.9 Å². The van der Waals surface area contributed by atoms with E-state index in [4.69, 9.17) is 2.74 Å². The van der Waals surface area contributed by atoms with Crippen LogP contribution in [-0.2, 0) is 14.8 Å². The number of carbonyl (C=O) groups excluding carboxylic acids is 1. The Hall–Kier alpha value is -0.210. The Morgan fingerprint density at radius 2 is 2.04 bits per heavy atom. The van der Waals surface area contributed by atoms with Gasteiger partial charge in [-0.05, 0) is 43.1 Å². The highest BCUT2D eigenvalue weighted by molar-refractivity contribution is 8.38. The molecule has 1 spiro atoms. The van der Waals surface area contributed by atoms with Gasteiger partial charge in [-0.15, -0.1) is 23.5 Å². The Labute approximate surface area is 149 Å². The number of sulfonamides is 1. The zero-order valence-electron chi connectivity index (χ0n) is 15.8. The van der Waals surface area contributed by atoms with Gasteiger partial charge in [0, 0.05) is 5.41 Å². The molecule has 5 nitrogen and oxygen atoms in total. The monoisotopic (exact) mass is 378 g/mol. The van der Waals surface area contributed by atoms with E-state index in [9.17, 15) is 13.2 Å². The molecule has 1 saturated heterocycles. The first-order valence-electron chi connectivity index (χ1n) is 8.67. The summed E-state index contributed by atoms with van der Waals surface area (Å²) in [6, 6.07) is -0.434. The van der Waals surface area contributed by atoms with Crippen LogP contribution < -0.4 is 0 Å². The Morgan fingerprint density at radius 3 is 2.61 bits per heavy atom. The predicted octanol–water partition coefficient (Wildman–Crippen LogP) is 2.44. The maximum atomic E-state index is 12.9. The van der Waals surface area contributed by atoms with Crippen molar-refractivity contribution in [2.45, 2.75) is 39.2 Å². The molecule has 3 rings (SSSR count). The lowest BCUT2D eigenvalue weighted by atomic mass is 9.69. The molecule has 2 saturated carbocycles. The van der Waals surface area contributed by atoms with Gasteiger partial charge < -0.3 is 0 Å². The maximum Gasteiger partial charge on any atom is 0.258 e. The molecule has 0 aromatic heterocycles.